The van der Waals surface area contributed by atoms with E-state index < -0.39 is 0 Å². The number of amides is 2. The molecule has 0 spiro atoms. The maximum atomic E-state index is 12.7. The van der Waals surface area contributed by atoms with Crippen LogP contribution in [0.1, 0.15) is 50.7 Å². The second kappa shape index (κ2) is 9.11. The Kier molecular flexibility index (Phi) is 6.35. The number of piperazine rings is 1. The highest BCUT2D eigenvalue weighted by atomic mass is 16.3. The number of nitrogens with one attached hydrogen (secondary N) is 1. The van der Waals surface area contributed by atoms with E-state index in [1.807, 2.05) is 17.0 Å². The highest BCUT2D eigenvalue weighted by molar-refractivity contribution is 5.74. The van der Waals surface area contributed by atoms with Crippen LogP contribution >= 0.6 is 0 Å². The van der Waals surface area contributed by atoms with Gasteiger partial charge in [0.1, 0.15) is 5.76 Å². The van der Waals surface area contributed by atoms with Gasteiger partial charge in [-0.15, -0.1) is 0 Å². The standard InChI is InChI=1S/C21H34N4O2/c26-21(24-13-11-23(12-14-24)17-20-9-5-15-27-20)22-18-6-4-10-25(16-18)19-7-2-1-3-8-19/h5,9,15,18-19H,1-4,6-8,10-14,16-17H2,(H,22,26). The maximum absolute atomic E-state index is 12.7. The minimum absolute atomic E-state index is 0.128. The van der Waals surface area contributed by atoms with Crippen molar-refractivity contribution >= 4 is 6.03 Å². The smallest absolute Gasteiger partial charge is 0.317 e. The van der Waals surface area contributed by atoms with Gasteiger partial charge in [-0.1, -0.05) is 19.3 Å². The lowest BCUT2D eigenvalue weighted by Gasteiger charge is -2.41. The van der Waals surface area contributed by atoms with Crippen LogP contribution in [0.25, 0.3) is 0 Å². The minimum atomic E-state index is 0.128. The molecule has 150 valence electrons. The van der Waals surface area contributed by atoms with Gasteiger partial charge in [-0.3, -0.25) is 9.80 Å². The van der Waals surface area contributed by atoms with Gasteiger partial charge in [0.25, 0.3) is 0 Å². The highest BCUT2D eigenvalue weighted by Gasteiger charge is 2.29. The van der Waals surface area contributed by atoms with E-state index in [1.54, 1.807) is 6.26 Å². The lowest BCUT2D eigenvalue weighted by Crippen LogP contribution is -2.56. The molecule has 3 aliphatic rings. The zero-order chi connectivity index (χ0) is 18.5. The van der Waals surface area contributed by atoms with Gasteiger partial charge in [0.2, 0.25) is 0 Å². The summed E-state index contributed by atoms with van der Waals surface area (Å²) in [6.07, 6.45) is 10.9. The number of piperidine rings is 1. The van der Waals surface area contributed by atoms with Crippen LogP contribution in [0.4, 0.5) is 4.79 Å². The summed E-state index contributed by atoms with van der Waals surface area (Å²) in [6, 6.07) is 5.14. The lowest BCUT2D eigenvalue weighted by molar-refractivity contribution is 0.101. The van der Waals surface area contributed by atoms with Crippen molar-refractivity contribution in [1.82, 2.24) is 20.0 Å². The molecule has 6 nitrogen and oxygen atoms in total. The van der Waals surface area contributed by atoms with Crippen molar-refractivity contribution in [3.63, 3.8) is 0 Å². The van der Waals surface area contributed by atoms with E-state index in [1.165, 1.54) is 45.1 Å². The average Bonchev–Trinajstić information content (AvgIpc) is 3.22. The summed E-state index contributed by atoms with van der Waals surface area (Å²) in [7, 11) is 0. The molecule has 4 rings (SSSR count). The van der Waals surface area contributed by atoms with Gasteiger partial charge in [-0.2, -0.15) is 0 Å². The molecule has 3 heterocycles. The van der Waals surface area contributed by atoms with Gasteiger partial charge in [0.05, 0.1) is 12.8 Å². The number of hydrogen-bond donors (Lipinski definition) is 1. The molecule has 2 aliphatic heterocycles. The zero-order valence-electron chi connectivity index (χ0n) is 16.4. The number of carbonyl (C=O) groups excluding carboxylic acids is 1. The summed E-state index contributed by atoms with van der Waals surface area (Å²) >= 11 is 0. The fraction of sp³-hybridized carbons (Fsp3) is 0.762. The van der Waals surface area contributed by atoms with Crippen molar-refractivity contribution in [3.05, 3.63) is 24.2 Å². The molecule has 1 aromatic rings. The fourth-order valence-electron chi connectivity index (χ4n) is 4.90. The SMILES string of the molecule is O=C(NC1CCCN(C2CCCCC2)C1)N1CCN(Cc2ccco2)CC1. The first kappa shape index (κ1) is 18.8. The molecule has 1 aromatic heterocycles. The Hall–Kier alpha value is -1.53. The Morgan fingerprint density at radius 2 is 1.85 bits per heavy atom. The summed E-state index contributed by atoms with van der Waals surface area (Å²) in [6.45, 7) is 6.50. The molecule has 2 amide bonds. The molecule has 1 atom stereocenters. The minimum Gasteiger partial charge on any atom is -0.468 e. The lowest BCUT2D eigenvalue weighted by atomic mass is 9.92. The van der Waals surface area contributed by atoms with Crippen molar-refractivity contribution in [1.29, 1.82) is 0 Å². The Bertz CT molecular complexity index is 577. The molecule has 2 saturated heterocycles. The molecule has 1 aliphatic carbocycles. The first-order valence-corrected chi connectivity index (χ1v) is 10.8. The predicted octanol–water partition coefficient (Wildman–Crippen LogP) is 2.90. The fourth-order valence-corrected chi connectivity index (χ4v) is 4.90. The van der Waals surface area contributed by atoms with Crippen LogP contribution in [-0.4, -0.2) is 72.1 Å². The molecule has 6 heteroatoms. The van der Waals surface area contributed by atoms with E-state index in [9.17, 15) is 4.79 Å². The van der Waals surface area contributed by atoms with E-state index in [0.717, 1.165) is 57.5 Å². The molecule has 0 radical (unpaired) electrons. The zero-order valence-corrected chi connectivity index (χ0v) is 16.4. The van der Waals surface area contributed by atoms with Crippen molar-refractivity contribution < 1.29 is 9.21 Å². The van der Waals surface area contributed by atoms with Crippen LogP contribution in [-0.2, 0) is 6.54 Å². The number of nitrogens with zero attached hydrogens (tertiary/aromatic N) is 3. The monoisotopic (exact) mass is 374 g/mol. The van der Waals surface area contributed by atoms with Crippen molar-refractivity contribution in [2.75, 3.05) is 39.3 Å². The number of carbonyl (C=O) groups is 1. The Morgan fingerprint density at radius 1 is 1.04 bits per heavy atom. The molecule has 1 N–H and O–H groups in total. The largest absolute Gasteiger partial charge is 0.468 e. The average molecular weight is 375 g/mol. The third kappa shape index (κ3) is 5.05. The van der Waals surface area contributed by atoms with Crippen molar-refractivity contribution in [2.45, 2.75) is 63.6 Å². The third-order valence-electron chi connectivity index (χ3n) is 6.49. The Morgan fingerprint density at radius 3 is 2.59 bits per heavy atom. The maximum Gasteiger partial charge on any atom is 0.317 e. The number of hydrogen-bond acceptors (Lipinski definition) is 4. The molecule has 0 aromatic carbocycles. The third-order valence-corrected chi connectivity index (χ3v) is 6.49. The first-order chi connectivity index (χ1) is 13.3. The summed E-state index contributed by atoms with van der Waals surface area (Å²) < 4.78 is 5.43. The highest BCUT2D eigenvalue weighted by Crippen LogP contribution is 2.25. The van der Waals surface area contributed by atoms with Crippen molar-refractivity contribution in [3.8, 4) is 0 Å². The number of furan rings is 1. The second-order valence-corrected chi connectivity index (χ2v) is 8.42. The van der Waals surface area contributed by atoms with Gasteiger partial charge >= 0.3 is 6.03 Å². The quantitative estimate of drug-likeness (QED) is 0.880. The Balaban J connectivity index is 1.21. The number of likely N-dealkylation sites (tertiary alicyclic amines) is 1. The predicted molar refractivity (Wildman–Crippen MR) is 106 cm³/mol. The van der Waals surface area contributed by atoms with Crippen molar-refractivity contribution in [2.24, 2.45) is 0 Å². The number of rotatable bonds is 4. The van der Waals surface area contributed by atoms with E-state index in [4.69, 9.17) is 4.42 Å². The molecular weight excluding hydrogens is 340 g/mol. The summed E-state index contributed by atoms with van der Waals surface area (Å²) in [5.74, 6) is 0.998. The van der Waals surface area contributed by atoms with Gasteiger partial charge in [-0.25, -0.2) is 4.79 Å². The van der Waals surface area contributed by atoms with E-state index >= 15 is 0 Å². The van der Waals surface area contributed by atoms with Crippen LogP contribution in [0, 0.1) is 0 Å². The first-order valence-electron chi connectivity index (χ1n) is 10.8. The normalized spacial score (nSPS) is 26.2. The molecule has 1 unspecified atom stereocenters. The molecule has 27 heavy (non-hydrogen) atoms. The van der Waals surface area contributed by atoms with E-state index in [-0.39, 0.29) is 6.03 Å². The Labute approximate surface area is 162 Å². The van der Waals surface area contributed by atoms with Crippen LogP contribution in [0.2, 0.25) is 0 Å². The summed E-state index contributed by atoms with van der Waals surface area (Å²) in [4.78, 5) is 19.7. The summed E-state index contributed by atoms with van der Waals surface area (Å²) in [5, 5.41) is 3.33. The van der Waals surface area contributed by atoms with Gasteiger partial charge in [0.15, 0.2) is 0 Å². The van der Waals surface area contributed by atoms with E-state index in [0.29, 0.717) is 6.04 Å². The summed E-state index contributed by atoms with van der Waals surface area (Å²) in [5.41, 5.74) is 0. The van der Waals surface area contributed by atoms with Gasteiger partial charge in [0, 0.05) is 44.8 Å². The molecule has 3 fully saturated rings. The van der Waals surface area contributed by atoms with Gasteiger partial charge < -0.3 is 14.6 Å². The van der Waals surface area contributed by atoms with Crippen LogP contribution in [0.5, 0.6) is 0 Å². The van der Waals surface area contributed by atoms with Crippen LogP contribution in [0.15, 0.2) is 22.8 Å². The molecule has 1 saturated carbocycles. The topological polar surface area (TPSA) is 52.0 Å². The second-order valence-electron chi connectivity index (χ2n) is 8.42. The molecular formula is C21H34N4O2. The van der Waals surface area contributed by atoms with Crippen LogP contribution < -0.4 is 5.32 Å². The van der Waals surface area contributed by atoms with Gasteiger partial charge in [-0.05, 0) is 44.4 Å². The van der Waals surface area contributed by atoms with Crippen LogP contribution in [0.3, 0.4) is 0 Å². The molecule has 0 bridgehead atoms. The number of urea groups is 1. The van der Waals surface area contributed by atoms with E-state index in [2.05, 4.69) is 15.1 Å².